The Balaban J connectivity index is 2.26. The summed E-state index contributed by atoms with van der Waals surface area (Å²) >= 11 is 4.57. The molecule has 1 saturated heterocycles. The van der Waals surface area contributed by atoms with Crippen LogP contribution in [0.1, 0.15) is 35.7 Å². The van der Waals surface area contributed by atoms with E-state index in [1.165, 1.54) is 0 Å². The van der Waals surface area contributed by atoms with Crippen LogP contribution in [0.2, 0.25) is 0 Å². The van der Waals surface area contributed by atoms with Crippen LogP contribution in [0.25, 0.3) is 0 Å². The van der Waals surface area contributed by atoms with Gasteiger partial charge in [-0.2, -0.15) is 0 Å². The molecule has 4 nitrogen and oxygen atoms in total. The number of unbranched alkanes of at least 4 members (excludes halogenated alkanes) is 1. The van der Waals surface area contributed by atoms with E-state index in [1.807, 2.05) is 12.1 Å². The van der Waals surface area contributed by atoms with Gasteiger partial charge in [-0.3, -0.25) is 4.79 Å². The first-order chi connectivity index (χ1) is 10.2. The number of aryl methyl sites for hydroxylation is 1. The van der Waals surface area contributed by atoms with Crippen molar-refractivity contribution in [1.82, 2.24) is 4.90 Å². The number of carbonyl (C=O) groups is 1. The van der Waals surface area contributed by atoms with Gasteiger partial charge in [0.15, 0.2) is 0 Å². The fourth-order valence-electron chi connectivity index (χ4n) is 2.49. The second-order valence-corrected chi connectivity index (χ2v) is 5.61. The molecule has 0 aliphatic carbocycles. The number of benzene rings is 1. The van der Waals surface area contributed by atoms with Crippen LogP contribution in [-0.2, 0) is 11.2 Å². The van der Waals surface area contributed by atoms with Crippen molar-refractivity contribution >= 4 is 18.5 Å². The first-order valence-electron chi connectivity index (χ1n) is 7.44. The first kappa shape index (κ1) is 16.2. The number of hydrogen-bond donors (Lipinski definition) is 1. The van der Waals surface area contributed by atoms with E-state index in [2.05, 4.69) is 19.6 Å². The number of nitrogens with zero attached hydrogens (tertiary/aromatic N) is 1. The Labute approximate surface area is 131 Å². The van der Waals surface area contributed by atoms with Crippen molar-refractivity contribution < 1.29 is 14.3 Å². The third-order valence-corrected chi connectivity index (χ3v) is 4.24. The monoisotopic (exact) mass is 309 g/mol. The minimum absolute atomic E-state index is 0.00695. The minimum Gasteiger partial charge on any atom is -0.495 e. The average molecular weight is 309 g/mol. The lowest BCUT2D eigenvalue weighted by Crippen LogP contribution is -2.40. The minimum atomic E-state index is -0.00695. The molecule has 0 atom stereocenters. The fraction of sp³-hybridized carbons (Fsp3) is 0.562. The average Bonchev–Trinajstić information content (AvgIpc) is 2.53. The SMILES string of the molecule is CCCCc1ccc(C(=O)N2CCOCC2)c(OC)c1S. The zero-order valence-corrected chi connectivity index (χ0v) is 13.6. The van der Waals surface area contributed by atoms with Gasteiger partial charge in [-0.15, -0.1) is 12.6 Å². The molecule has 0 aromatic heterocycles. The number of methoxy groups -OCH3 is 1. The molecule has 1 aromatic rings. The van der Waals surface area contributed by atoms with Gasteiger partial charge in [0.25, 0.3) is 5.91 Å². The first-order valence-corrected chi connectivity index (χ1v) is 7.89. The van der Waals surface area contributed by atoms with Crippen LogP contribution < -0.4 is 4.74 Å². The summed E-state index contributed by atoms with van der Waals surface area (Å²) in [6.07, 6.45) is 3.19. The molecule has 5 heteroatoms. The van der Waals surface area contributed by atoms with Gasteiger partial charge in [0.2, 0.25) is 0 Å². The molecule has 0 spiro atoms. The lowest BCUT2D eigenvalue weighted by molar-refractivity contribution is 0.0300. The molecule has 116 valence electrons. The van der Waals surface area contributed by atoms with Crippen molar-refractivity contribution in [3.8, 4) is 5.75 Å². The van der Waals surface area contributed by atoms with Crippen LogP contribution >= 0.6 is 12.6 Å². The molecule has 21 heavy (non-hydrogen) atoms. The van der Waals surface area contributed by atoms with Gasteiger partial charge in [0.05, 0.1) is 30.8 Å². The summed E-state index contributed by atoms with van der Waals surface area (Å²) in [5, 5.41) is 0. The molecule has 1 fully saturated rings. The normalized spacial score (nSPS) is 15.1. The van der Waals surface area contributed by atoms with E-state index in [-0.39, 0.29) is 5.91 Å². The van der Waals surface area contributed by atoms with E-state index in [1.54, 1.807) is 12.0 Å². The fourth-order valence-corrected chi connectivity index (χ4v) is 2.89. The molecular formula is C16H23NO3S. The second kappa shape index (κ2) is 7.71. The number of ether oxygens (including phenoxy) is 2. The number of thiol groups is 1. The zero-order valence-electron chi connectivity index (χ0n) is 12.7. The van der Waals surface area contributed by atoms with Gasteiger partial charge in [-0.05, 0) is 24.5 Å². The predicted molar refractivity (Wildman–Crippen MR) is 85.6 cm³/mol. The van der Waals surface area contributed by atoms with E-state index in [0.29, 0.717) is 37.6 Å². The van der Waals surface area contributed by atoms with Crippen molar-refractivity contribution in [3.63, 3.8) is 0 Å². The third-order valence-electron chi connectivity index (χ3n) is 3.75. The molecule has 1 aliphatic heterocycles. The maximum Gasteiger partial charge on any atom is 0.257 e. The highest BCUT2D eigenvalue weighted by Crippen LogP contribution is 2.32. The Kier molecular flexibility index (Phi) is 5.94. The van der Waals surface area contributed by atoms with E-state index in [4.69, 9.17) is 9.47 Å². The predicted octanol–water partition coefficient (Wildman–Crippen LogP) is 2.80. The van der Waals surface area contributed by atoms with Crippen LogP contribution in [0.4, 0.5) is 0 Å². The molecular weight excluding hydrogens is 286 g/mol. The van der Waals surface area contributed by atoms with Gasteiger partial charge >= 0.3 is 0 Å². The summed E-state index contributed by atoms with van der Waals surface area (Å²) in [7, 11) is 1.59. The van der Waals surface area contributed by atoms with Gasteiger partial charge in [-0.25, -0.2) is 0 Å². The molecule has 0 saturated carbocycles. The largest absolute Gasteiger partial charge is 0.495 e. The summed E-state index contributed by atoms with van der Waals surface area (Å²) < 4.78 is 10.7. The smallest absolute Gasteiger partial charge is 0.257 e. The molecule has 1 aromatic carbocycles. The number of carbonyl (C=O) groups excluding carboxylic acids is 1. The van der Waals surface area contributed by atoms with Crippen LogP contribution in [0.3, 0.4) is 0 Å². The maximum absolute atomic E-state index is 12.6. The lowest BCUT2D eigenvalue weighted by atomic mass is 10.0. The van der Waals surface area contributed by atoms with Crippen molar-refractivity contribution in [3.05, 3.63) is 23.3 Å². The quantitative estimate of drug-likeness (QED) is 0.850. The Morgan fingerprint density at radius 2 is 2.10 bits per heavy atom. The molecule has 1 heterocycles. The molecule has 0 radical (unpaired) electrons. The molecule has 0 unspecified atom stereocenters. The van der Waals surface area contributed by atoms with Crippen LogP contribution in [0.5, 0.6) is 5.75 Å². The third kappa shape index (κ3) is 3.71. The number of hydrogen-bond acceptors (Lipinski definition) is 4. The van der Waals surface area contributed by atoms with Crippen molar-refractivity contribution in [2.45, 2.75) is 31.1 Å². The molecule has 1 aliphatic rings. The van der Waals surface area contributed by atoms with Crippen LogP contribution in [0.15, 0.2) is 17.0 Å². The topological polar surface area (TPSA) is 38.8 Å². The molecule has 1 amide bonds. The summed E-state index contributed by atoms with van der Waals surface area (Å²) in [5.74, 6) is 0.580. The number of rotatable bonds is 5. The Hall–Kier alpha value is -1.20. The van der Waals surface area contributed by atoms with Crippen LogP contribution in [-0.4, -0.2) is 44.2 Å². The summed E-state index contributed by atoms with van der Waals surface area (Å²) in [5.41, 5.74) is 1.72. The van der Waals surface area contributed by atoms with Crippen LogP contribution in [0, 0.1) is 0 Å². The van der Waals surface area contributed by atoms with Crippen molar-refractivity contribution in [1.29, 1.82) is 0 Å². The highest BCUT2D eigenvalue weighted by molar-refractivity contribution is 7.80. The summed E-state index contributed by atoms with van der Waals surface area (Å²) in [6.45, 7) is 4.60. The van der Waals surface area contributed by atoms with Crippen molar-refractivity contribution in [2.75, 3.05) is 33.4 Å². The van der Waals surface area contributed by atoms with E-state index in [9.17, 15) is 4.79 Å². The van der Waals surface area contributed by atoms with E-state index in [0.717, 1.165) is 29.7 Å². The highest BCUT2D eigenvalue weighted by atomic mass is 32.1. The van der Waals surface area contributed by atoms with Gasteiger partial charge in [-0.1, -0.05) is 19.4 Å². The molecule has 2 rings (SSSR count). The van der Waals surface area contributed by atoms with E-state index < -0.39 is 0 Å². The van der Waals surface area contributed by atoms with E-state index >= 15 is 0 Å². The van der Waals surface area contributed by atoms with Gasteiger partial charge in [0, 0.05) is 13.1 Å². The zero-order chi connectivity index (χ0) is 15.2. The standard InChI is InChI=1S/C16H23NO3S/c1-3-4-5-12-6-7-13(14(19-2)15(12)21)16(18)17-8-10-20-11-9-17/h6-7,21H,3-5,8-11H2,1-2H3. The summed E-state index contributed by atoms with van der Waals surface area (Å²) in [4.78, 5) is 15.2. The number of amides is 1. The maximum atomic E-state index is 12.6. The Morgan fingerprint density at radius 1 is 1.38 bits per heavy atom. The summed E-state index contributed by atoms with van der Waals surface area (Å²) in [6, 6.07) is 3.86. The van der Waals surface area contributed by atoms with Crippen molar-refractivity contribution in [2.24, 2.45) is 0 Å². The number of morpholine rings is 1. The highest BCUT2D eigenvalue weighted by Gasteiger charge is 2.23. The second-order valence-electron chi connectivity index (χ2n) is 5.16. The Bertz CT molecular complexity index is 499. The Morgan fingerprint density at radius 3 is 2.71 bits per heavy atom. The van der Waals surface area contributed by atoms with Gasteiger partial charge < -0.3 is 14.4 Å². The molecule has 0 bridgehead atoms. The molecule has 0 N–H and O–H groups in total. The lowest BCUT2D eigenvalue weighted by Gasteiger charge is -2.27. The van der Waals surface area contributed by atoms with Gasteiger partial charge in [0.1, 0.15) is 5.75 Å².